The molecule has 13 heteroatoms. The molecule has 5 rings (SSSR count). The predicted molar refractivity (Wildman–Crippen MR) is 189 cm³/mol. The van der Waals surface area contributed by atoms with Gasteiger partial charge in [-0.1, -0.05) is 44.2 Å². The molecule has 2 amide bonds. The molecule has 1 unspecified atom stereocenters. The van der Waals surface area contributed by atoms with Crippen molar-refractivity contribution >= 4 is 27.5 Å². The molecule has 266 valence electrons. The van der Waals surface area contributed by atoms with E-state index >= 15 is 0 Å². The lowest BCUT2D eigenvalue weighted by Crippen LogP contribution is -2.51. The number of ether oxygens (including phenoxy) is 1. The Morgan fingerprint density at radius 3 is 2.42 bits per heavy atom. The standard InChI is InChI=1S/C37H45N5O7S/c1-24(2)21-41(50(46,47)31-14-12-30(48-4)13-15-31)22-34(43)32(17-26-9-6-5-7-10-26)40-35(44)27-18-28(20-29(38)19-27)37(45)42-16-8-11-33(42)36-39-25(3)23-49-36/h5-7,9-10,12-15,18-20,23-24,32-34,43H,8,11,16-17,21-22,38H2,1-4H3,(H,40,44)/t32-,33?,34+/m0/s1. The van der Waals surface area contributed by atoms with Crippen molar-refractivity contribution < 1.29 is 32.3 Å². The average molecular weight is 704 g/mol. The minimum atomic E-state index is -4.02. The summed E-state index contributed by atoms with van der Waals surface area (Å²) in [5.74, 6) is 0.0536. The molecule has 2 heterocycles. The number of carbonyl (C=O) groups is 2. The second-order valence-electron chi connectivity index (χ2n) is 13.1. The average Bonchev–Trinajstić information content (AvgIpc) is 3.76. The Hall–Kier alpha value is -4.72. The van der Waals surface area contributed by atoms with E-state index in [1.165, 1.54) is 41.7 Å². The van der Waals surface area contributed by atoms with E-state index in [1.54, 1.807) is 23.3 Å². The van der Waals surface area contributed by atoms with Gasteiger partial charge < -0.3 is 30.2 Å². The molecule has 0 bridgehead atoms. The van der Waals surface area contributed by atoms with Crippen LogP contribution in [-0.2, 0) is 16.4 Å². The third-order valence-electron chi connectivity index (χ3n) is 8.64. The number of oxazole rings is 1. The van der Waals surface area contributed by atoms with Gasteiger partial charge in [-0.3, -0.25) is 9.59 Å². The molecule has 0 radical (unpaired) electrons. The van der Waals surface area contributed by atoms with Crippen LogP contribution in [-0.4, -0.2) is 78.4 Å². The van der Waals surface area contributed by atoms with Crippen molar-refractivity contribution in [1.29, 1.82) is 0 Å². The van der Waals surface area contributed by atoms with Crippen LogP contribution in [0.5, 0.6) is 5.75 Å². The summed E-state index contributed by atoms with van der Waals surface area (Å²) < 4.78 is 39.7. The zero-order chi connectivity index (χ0) is 36.0. The van der Waals surface area contributed by atoms with E-state index in [0.717, 1.165) is 17.7 Å². The van der Waals surface area contributed by atoms with Gasteiger partial charge in [-0.25, -0.2) is 13.4 Å². The van der Waals surface area contributed by atoms with Gasteiger partial charge in [-0.2, -0.15) is 4.31 Å². The van der Waals surface area contributed by atoms with Crippen LogP contribution in [0.4, 0.5) is 5.69 Å². The predicted octanol–water partition coefficient (Wildman–Crippen LogP) is 4.60. The van der Waals surface area contributed by atoms with Crippen LogP contribution >= 0.6 is 0 Å². The van der Waals surface area contributed by atoms with E-state index in [9.17, 15) is 23.1 Å². The number of hydrogen-bond acceptors (Lipinski definition) is 9. The summed E-state index contributed by atoms with van der Waals surface area (Å²) in [4.78, 5) is 33.8. The Morgan fingerprint density at radius 2 is 1.78 bits per heavy atom. The van der Waals surface area contributed by atoms with Gasteiger partial charge in [-0.05, 0) is 80.1 Å². The molecule has 0 saturated carbocycles. The van der Waals surface area contributed by atoms with Crippen LogP contribution in [0.3, 0.4) is 0 Å². The molecular weight excluding hydrogens is 659 g/mol. The minimum Gasteiger partial charge on any atom is -0.497 e. The highest BCUT2D eigenvalue weighted by molar-refractivity contribution is 7.89. The molecule has 4 N–H and O–H groups in total. The zero-order valence-corrected chi connectivity index (χ0v) is 29.6. The molecule has 1 fully saturated rings. The summed E-state index contributed by atoms with van der Waals surface area (Å²) >= 11 is 0. The maximum atomic E-state index is 13.9. The number of aromatic nitrogens is 1. The summed E-state index contributed by atoms with van der Waals surface area (Å²) in [5, 5.41) is 14.6. The summed E-state index contributed by atoms with van der Waals surface area (Å²) in [5.41, 5.74) is 8.36. The first-order valence-electron chi connectivity index (χ1n) is 16.7. The smallest absolute Gasteiger partial charge is 0.254 e. The maximum absolute atomic E-state index is 13.9. The topological polar surface area (TPSA) is 168 Å². The van der Waals surface area contributed by atoms with Crippen molar-refractivity contribution in [2.45, 2.75) is 63.1 Å². The number of methoxy groups -OCH3 is 1. The number of nitrogens with two attached hydrogens (primary N) is 1. The van der Waals surface area contributed by atoms with Gasteiger partial charge >= 0.3 is 0 Å². The molecule has 3 atom stereocenters. The number of aliphatic hydroxyl groups excluding tert-OH is 1. The van der Waals surface area contributed by atoms with E-state index < -0.39 is 28.1 Å². The fourth-order valence-electron chi connectivity index (χ4n) is 6.18. The number of rotatable bonds is 14. The molecule has 0 spiro atoms. The highest BCUT2D eigenvalue weighted by atomic mass is 32.2. The molecule has 1 aliphatic rings. The Bertz CT molecular complexity index is 1880. The van der Waals surface area contributed by atoms with E-state index in [4.69, 9.17) is 14.9 Å². The number of nitrogens with one attached hydrogen (secondary N) is 1. The number of aryl methyl sites for hydroxylation is 1. The summed E-state index contributed by atoms with van der Waals surface area (Å²) in [7, 11) is -2.52. The van der Waals surface area contributed by atoms with Crippen LogP contribution in [0.15, 0.2) is 88.4 Å². The van der Waals surface area contributed by atoms with Crippen LogP contribution in [0.25, 0.3) is 0 Å². The lowest BCUT2D eigenvalue weighted by Gasteiger charge is -2.31. The Morgan fingerprint density at radius 1 is 1.08 bits per heavy atom. The molecule has 3 aromatic carbocycles. The number of hydrogen-bond donors (Lipinski definition) is 3. The Kier molecular flexibility index (Phi) is 11.6. The van der Waals surface area contributed by atoms with Gasteiger partial charge in [0.25, 0.3) is 11.8 Å². The highest BCUT2D eigenvalue weighted by Gasteiger charge is 2.35. The van der Waals surface area contributed by atoms with Crippen LogP contribution in [0, 0.1) is 12.8 Å². The van der Waals surface area contributed by atoms with Gasteiger partial charge in [0.15, 0.2) is 0 Å². The molecule has 1 aliphatic heterocycles. The van der Waals surface area contributed by atoms with Crippen LogP contribution < -0.4 is 15.8 Å². The van der Waals surface area contributed by atoms with Gasteiger partial charge in [-0.15, -0.1) is 0 Å². The number of nitrogens with zero attached hydrogens (tertiary/aromatic N) is 3. The van der Waals surface area contributed by atoms with Gasteiger partial charge in [0.05, 0.1) is 29.8 Å². The van der Waals surface area contributed by atoms with Gasteiger partial charge in [0.1, 0.15) is 18.1 Å². The molecular formula is C37H45N5O7S. The normalized spacial score (nSPS) is 16.1. The molecule has 1 aromatic heterocycles. The third-order valence-corrected chi connectivity index (χ3v) is 10.5. The number of benzene rings is 3. The Balaban J connectivity index is 1.39. The SMILES string of the molecule is COc1ccc(S(=O)(=O)N(CC(C)C)C[C@@H](O)[C@H](Cc2ccccc2)NC(=O)c2cc(N)cc(C(=O)N3CCCC3c3nc(C)co3)c2)cc1. The first-order valence-corrected chi connectivity index (χ1v) is 18.1. The summed E-state index contributed by atoms with van der Waals surface area (Å²) in [6, 6.07) is 18.6. The summed E-state index contributed by atoms with van der Waals surface area (Å²) in [6.07, 6.45) is 1.93. The van der Waals surface area contributed by atoms with Gasteiger partial charge in [0, 0.05) is 36.4 Å². The van der Waals surface area contributed by atoms with Crippen molar-refractivity contribution in [2.75, 3.05) is 32.5 Å². The van der Waals surface area contributed by atoms with Gasteiger partial charge in [0.2, 0.25) is 15.9 Å². The molecule has 0 aliphatic carbocycles. The largest absolute Gasteiger partial charge is 0.497 e. The van der Waals surface area contributed by atoms with Crippen LogP contribution in [0.2, 0.25) is 0 Å². The number of sulfonamides is 1. The summed E-state index contributed by atoms with van der Waals surface area (Å²) in [6.45, 7) is 5.96. The molecule has 1 saturated heterocycles. The fourth-order valence-corrected chi connectivity index (χ4v) is 7.80. The quantitative estimate of drug-likeness (QED) is 0.159. The number of aliphatic hydroxyl groups is 1. The first kappa shape index (κ1) is 36.6. The minimum absolute atomic E-state index is 0.0524. The second-order valence-corrected chi connectivity index (χ2v) is 15.0. The number of likely N-dealkylation sites (tertiary alicyclic amines) is 1. The van der Waals surface area contributed by atoms with E-state index in [2.05, 4.69) is 10.3 Å². The fraction of sp³-hybridized carbons (Fsp3) is 0.378. The third kappa shape index (κ3) is 8.70. The number of amides is 2. The lowest BCUT2D eigenvalue weighted by atomic mass is 9.99. The van der Waals surface area contributed by atoms with Crippen molar-refractivity contribution in [1.82, 2.24) is 19.5 Å². The Labute approximate surface area is 293 Å². The number of nitrogen functional groups attached to an aromatic ring is 1. The first-order chi connectivity index (χ1) is 23.8. The second kappa shape index (κ2) is 15.9. The maximum Gasteiger partial charge on any atom is 0.254 e. The van der Waals surface area contributed by atoms with Crippen molar-refractivity contribution in [3.8, 4) is 5.75 Å². The van der Waals surface area contributed by atoms with E-state index in [-0.39, 0.29) is 59.1 Å². The van der Waals surface area contributed by atoms with Crippen molar-refractivity contribution in [3.05, 3.63) is 107 Å². The zero-order valence-electron chi connectivity index (χ0n) is 28.8. The number of anilines is 1. The van der Waals surface area contributed by atoms with Crippen molar-refractivity contribution in [3.63, 3.8) is 0 Å². The van der Waals surface area contributed by atoms with Crippen LogP contribution in [0.1, 0.15) is 70.6 Å². The number of carbonyl (C=O) groups excluding carboxylic acids is 2. The molecule has 12 nitrogen and oxygen atoms in total. The van der Waals surface area contributed by atoms with E-state index in [1.807, 2.05) is 51.1 Å². The monoisotopic (exact) mass is 703 g/mol. The molecule has 4 aromatic rings. The lowest BCUT2D eigenvalue weighted by molar-refractivity contribution is 0.0715. The highest BCUT2D eigenvalue weighted by Crippen LogP contribution is 2.33. The molecule has 50 heavy (non-hydrogen) atoms. The van der Waals surface area contributed by atoms with E-state index in [0.29, 0.717) is 24.6 Å². The van der Waals surface area contributed by atoms with Crippen molar-refractivity contribution in [2.24, 2.45) is 5.92 Å².